The zero-order valence-corrected chi connectivity index (χ0v) is 13.4. The Bertz CT molecular complexity index is 451. The number of anilines is 1. The van der Waals surface area contributed by atoms with E-state index in [2.05, 4.69) is 10.6 Å². The minimum absolute atomic E-state index is 0.0864. The number of rotatable bonds is 13. The molecular formula is C16H27N3O4. The summed E-state index contributed by atoms with van der Waals surface area (Å²) in [5.74, 6) is 0.372. The highest BCUT2D eigenvalue weighted by atomic mass is 16.6. The van der Waals surface area contributed by atoms with Crippen LogP contribution in [0.3, 0.4) is 0 Å². The first kappa shape index (κ1) is 19.3. The number of hydrogen-bond donors (Lipinski definition) is 4. The van der Waals surface area contributed by atoms with Crippen LogP contribution >= 0.6 is 0 Å². The van der Waals surface area contributed by atoms with Gasteiger partial charge in [0.2, 0.25) is 0 Å². The molecule has 0 radical (unpaired) electrons. The molecule has 0 saturated carbocycles. The van der Waals surface area contributed by atoms with Crippen molar-refractivity contribution in [2.45, 2.75) is 25.7 Å². The van der Waals surface area contributed by atoms with Crippen LogP contribution < -0.4 is 10.6 Å². The van der Waals surface area contributed by atoms with Crippen LogP contribution in [0.1, 0.15) is 25.7 Å². The van der Waals surface area contributed by atoms with Gasteiger partial charge >= 0.3 is 0 Å². The number of nitrogens with zero attached hydrogens (tertiary/aromatic N) is 1. The smallest absolute Gasteiger partial charge is 0.292 e. The molecule has 1 aromatic rings. The van der Waals surface area contributed by atoms with Crippen molar-refractivity contribution < 1.29 is 15.1 Å². The summed E-state index contributed by atoms with van der Waals surface area (Å²) in [7, 11) is 0. The molecule has 0 saturated heterocycles. The number of nitro benzene ring substituents is 1. The molecule has 0 heterocycles. The monoisotopic (exact) mass is 325 g/mol. The lowest BCUT2D eigenvalue weighted by Gasteiger charge is -2.14. The van der Waals surface area contributed by atoms with E-state index in [-0.39, 0.29) is 18.9 Å². The van der Waals surface area contributed by atoms with Gasteiger partial charge < -0.3 is 20.8 Å². The lowest BCUT2D eigenvalue weighted by molar-refractivity contribution is -0.384. The van der Waals surface area contributed by atoms with E-state index in [4.69, 9.17) is 10.2 Å². The molecule has 0 fully saturated rings. The van der Waals surface area contributed by atoms with E-state index in [1.165, 1.54) is 6.07 Å². The van der Waals surface area contributed by atoms with Gasteiger partial charge in [-0.25, -0.2) is 0 Å². The average Bonchev–Trinajstić information content (AvgIpc) is 2.54. The van der Waals surface area contributed by atoms with Crippen LogP contribution in [0.2, 0.25) is 0 Å². The van der Waals surface area contributed by atoms with E-state index < -0.39 is 4.92 Å². The molecule has 7 heteroatoms. The zero-order valence-electron chi connectivity index (χ0n) is 13.4. The number of nitro groups is 1. The Labute approximate surface area is 136 Å². The maximum Gasteiger partial charge on any atom is 0.292 e. The maximum absolute atomic E-state index is 10.9. The Hall–Kier alpha value is -1.70. The molecule has 23 heavy (non-hydrogen) atoms. The van der Waals surface area contributed by atoms with Gasteiger partial charge in [-0.2, -0.15) is 0 Å². The SMILES string of the molecule is O=[N+]([O-])c1ccccc1NCCNCCCC(CCO)CCO. The van der Waals surface area contributed by atoms with Gasteiger partial charge in [-0.3, -0.25) is 10.1 Å². The number of hydrogen-bond acceptors (Lipinski definition) is 6. The van der Waals surface area contributed by atoms with Crippen LogP contribution in [0.4, 0.5) is 11.4 Å². The van der Waals surface area contributed by atoms with E-state index in [9.17, 15) is 10.1 Å². The van der Waals surface area contributed by atoms with E-state index in [0.29, 0.717) is 18.2 Å². The van der Waals surface area contributed by atoms with E-state index in [1.54, 1.807) is 18.2 Å². The van der Waals surface area contributed by atoms with Crippen molar-refractivity contribution in [2.75, 3.05) is 38.2 Å². The van der Waals surface area contributed by atoms with Gasteiger partial charge in [0, 0.05) is 32.4 Å². The lowest BCUT2D eigenvalue weighted by atomic mass is 9.96. The minimum atomic E-state index is -0.391. The van der Waals surface area contributed by atoms with E-state index >= 15 is 0 Å². The Morgan fingerprint density at radius 3 is 2.39 bits per heavy atom. The molecule has 1 rings (SSSR count). The third-order valence-electron chi connectivity index (χ3n) is 3.76. The molecule has 0 atom stereocenters. The van der Waals surface area contributed by atoms with Gasteiger partial charge in [-0.15, -0.1) is 0 Å². The fraction of sp³-hybridized carbons (Fsp3) is 0.625. The summed E-state index contributed by atoms with van der Waals surface area (Å²) in [6.07, 6.45) is 3.43. The molecule has 0 bridgehead atoms. The zero-order chi connectivity index (χ0) is 16.9. The van der Waals surface area contributed by atoms with Crippen LogP contribution in [-0.4, -0.2) is 48.0 Å². The molecule has 7 nitrogen and oxygen atoms in total. The summed E-state index contributed by atoms with van der Waals surface area (Å²) >= 11 is 0. The average molecular weight is 325 g/mol. The van der Waals surface area contributed by atoms with Crippen molar-refractivity contribution in [3.8, 4) is 0 Å². The number of benzene rings is 1. The van der Waals surface area contributed by atoms with Crippen molar-refractivity contribution in [1.29, 1.82) is 0 Å². The summed E-state index contributed by atoms with van der Waals surface area (Å²) in [4.78, 5) is 10.5. The highest BCUT2D eigenvalue weighted by molar-refractivity contribution is 5.60. The second-order valence-corrected chi connectivity index (χ2v) is 5.48. The third kappa shape index (κ3) is 7.92. The Balaban J connectivity index is 2.15. The highest BCUT2D eigenvalue weighted by Gasteiger charge is 2.11. The van der Waals surface area contributed by atoms with Crippen LogP contribution in [-0.2, 0) is 0 Å². The van der Waals surface area contributed by atoms with Gasteiger partial charge in [-0.05, 0) is 44.2 Å². The normalized spacial score (nSPS) is 10.9. The lowest BCUT2D eigenvalue weighted by Crippen LogP contribution is -2.24. The molecule has 0 aliphatic heterocycles. The first-order chi connectivity index (χ1) is 11.2. The summed E-state index contributed by atoms with van der Waals surface area (Å²) < 4.78 is 0. The van der Waals surface area contributed by atoms with Crippen molar-refractivity contribution in [3.05, 3.63) is 34.4 Å². The molecule has 1 aromatic carbocycles. The van der Waals surface area contributed by atoms with Gasteiger partial charge in [0.05, 0.1) is 4.92 Å². The number of aliphatic hydroxyl groups excluding tert-OH is 2. The van der Waals surface area contributed by atoms with Crippen LogP contribution in [0.5, 0.6) is 0 Å². The third-order valence-corrected chi connectivity index (χ3v) is 3.76. The minimum Gasteiger partial charge on any atom is -0.396 e. The van der Waals surface area contributed by atoms with Crippen LogP contribution in [0.25, 0.3) is 0 Å². The number of nitrogens with one attached hydrogen (secondary N) is 2. The predicted molar refractivity (Wildman–Crippen MR) is 90.6 cm³/mol. The van der Waals surface area contributed by atoms with Crippen molar-refractivity contribution >= 4 is 11.4 Å². The molecule has 0 unspecified atom stereocenters. The summed E-state index contributed by atoms with van der Waals surface area (Å²) in [6.45, 7) is 2.51. The molecular weight excluding hydrogens is 298 g/mol. The van der Waals surface area contributed by atoms with Crippen molar-refractivity contribution in [1.82, 2.24) is 5.32 Å². The highest BCUT2D eigenvalue weighted by Crippen LogP contribution is 2.22. The molecule has 0 aliphatic rings. The fourth-order valence-electron chi connectivity index (χ4n) is 2.51. The standard InChI is InChI=1S/C16H27N3O4/c20-12-7-14(8-13-21)4-3-9-17-10-11-18-15-5-1-2-6-16(15)19(22)23/h1-2,5-6,14,17-18,20-21H,3-4,7-13H2. The Morgan fingerprint density at radius 1 is 1.04 bits per heavy atom. The molecule has 0 aliphatic carbocycles. The van der Waals surface area contributed by atoms with E-state index in [1.807, 2.05) is 0 Å². The predicted octanol–water partition coefficient (Wildman–Crippen LogP) is 1.76. The molecule has 4 N–H and O–H groups in total. The quantitative estimate of drug-likeness (QED) is 0.250. The van der Waals surface area contributed by atoms with Gasteiger partial charge in [-0.1, -0.05) is 12.1 Å². The number of aliphatic hydroxyl groups is 2. The summed E-state index contributed by atoms with van der Waals surface area (Å²) in [5, 5.41) is 35.1. The van der Waals surface area contributed by atoms with Crippen molar-refractivity contribution in [2.24, 2.45) is 5.92 Å². The van der Waals surface area contributed by atoms with Gasteiger partial charge in [0.1, 0.15) is 5.69 Å². The molecule has 0 spiro atoms. The fourth-order valence-corrected chi connectivity index (χ4v) is 2.51. The second kappa shape index (κ2) is 11.8. The summed E-state index contributed by atoms with van der Waals surface area (Å²) in [5.41, 5.74) is 0.619. The first-order valence-corrected chi connectivity index (χ1v) is 8.08. The topological polar surface area (TPSA) is 108 Å². The Morgan fingerprint density at radius 2 is 1.74 bits per heavy atom. The molecule has 0 amide bonds. The largest absolute Gasteiger partial charge is 0.396 e. The summed E-state index contributed by atoms with van der Waals surface area (Å²) in [6, 6.07) is 6.60. The Kier molecular flexibility index (Phi) is 9.94. The first-order valence-electron chi connectivity index (χ1n) is 8.08. The van der Waals surface area contributed by atoms with Gasteiger partial charge in [0.25, 0.3) is 5.69 Å². The molecule has 130 valence electrons. The number of para-hydroxylation sites is 2. The van der Waals surface area contributed by atoms with Crippen LogP contribution in [0.15, 0.2) is 24.3 Å². The second-order valence-electron chi connectivity index (χ2n) is 5.48. The van der Waals surface area contributed by atoms with Crippen molar-refractivity contribution in [3.63, 3.8) is 0 Å². The van der Waals surface area contributed by atoms with E-state index in [0.717, 1.165) is 38.8 Å². The molecule has 0 aromatic heterocycles. The maximum atomic E-state index is 10.9. The van der Waals surface area contributed by atoms with Gasteiger partial charge in [0.15, 0.2) is 0 Å². The van der Waals surface area contributed by atoms with Crippen LogP contribution in [0, 0.1) is 16.0 Å².